The summed E-state index contributed by atoms with van der Waals surface area (Å²) in [5, 5.41) is 23.7. The van der Waals surface area contributed by atoms with Gasteiger partial charge in [0.15, 0.2) is 0 Å². The zero-order chi connectivity index (χ0) is 23.3. The Labute approximate surface area is 198 Å². The summed E-state index contributed by atoms with van der Waals surface area (Å²) in [6.07, 6.45) is -1.47. The molecule has 1 saturated heterocycles. The van der Waals surface area contributed by atoms with Gasteiger partial charge < -0.3 is 35.1 Å². The van der Waals surface area contributed by atoms with E-state index in [2.05, 4.69) is 10.6 Å². The zero-order valence-corrected chi connectivity index (χ0v) is 19.5. The van der Waals surface area contributed by atoms with E-state index in [1.54, 1.807) is 24.3 Å². The standard InChI is InChI=1S/C21H25IN2O8/c1-11(26)17(20(28)23-6-7-25)24-19(27)12-8-15-18(31-10-30-15)16(9-12)32-21(29)13-4-2-3-5-14(13)22/h2-5,8,11,15-18,25-26H,6-7,9-10H2,1H3,(H,23,28)(H,24,27)/t11-,15+,16+,17+,18+/m0/s1. The Morgan fingerprint density at radius 3 is 2.72 bits per heavy atom. The van der Waals surface area contributed by atoms with Gasteiger partial charge in [0.2, 0.25) is 11.8 Å². The molecule has 1 aromatic carbocycles. The maximum absolute atomic E-state index is 12.9. The minimum atomic E-state index is -1.22. The number of nitrogens with one attached hydrogen (secondary N) is 2. The average Bonchev–Trinajstić information content (AvgIpc) is 3.24. The third-order valence-electron chi connectivity index (χ3n) is 5.10. The average molecular weight is 560 g/mol. The van der Waals surface area contributed by atoms with Crippen LogP contribution < -0.4 is 10.6 Å². The van der Waals surface area contributed by atoms with Crippen LogP contribution >= 0.6 is 22.6 Å². The van der Waals surface area contributed by atoms with Gasteiger partial charge in [-0.05, 0) is 47.7 Å². The van der Waals surface area contributed by atoms with Crippen LogP contribution in [0, 0.1) is 3.57 Å². The van der Waals surface area contributed by atoms with Crippen molar-refractivity contribution in [1.82, 2.24) is 10.6 Å². The van der Waals surface area contributed by atoms with E-state index < -0.39 is 48.2 Å². The lowest BCUT2D eigenvalue weighted by Gasteiger charge is -2.31. The van der Waals surface area contributed by atoms with Gasteiger partial charge in [-0.15, -0.1) is 0 Å². The number of fused-ring (bicyclic) bond motifs is 1. The van der Waals surface area contributed by atoms with Crippen molar-refractivity contribution in [2.45, 2.75) is 43.8 Å². The number of rotatable bonds is 8. The number of esters is 1. The summed E-state index contributed by atoms with van der Waals surface area (Å²) in [5.74, 6) is -1.76. The molecule has 1 aliphatic heterocycles. The Balaban J connectivity index is 1.73. The van der Waals surface area contributed by atoms with Gasteiger partial charge in [-0.2, -0.15) is 0 Å². The second-order valence-corrected chi connectivity index (χ2v) is 8.57. The van der Waals surface area contributed by atoms with Crippen LogP contribution in [0.5, 0.6) is 0 Å². The summed E-state index contributed by atoms with van der Waals surface area (Å²) in [5.41, 5.74) is 0.650. The fraction of sp³-hybridized carbons (Fsp3) is 0.476. The Kier molecular flexibility index (Phi) is 8.59. The van der Waals surface area contributed by atoms with Crippen molar-refractivity contribution in [1.29, 1.82) is 0 Å². The predicted molar refractivity (Wildman–Crippen MR) is 119 cm³/mol. The van der Waals surface area contributed by atoms with Crippen LogP contribution in [0.15, 0.2) is 35.9 Å². The first-order valence-corrected chi connectivity index (χ1v) is 11.2. The van der Waals surface area contributed by atoms with Gasteiger partial charge in [-0.3, -0.25) is 9.59 Å². The molecule has 11 heteroatoms. The van der Waals surface area contributed by atoms with Gasteiger partial charge in [0.05, 0.1) is 18.3 Å². The van der Waals surface area contributed by atoms with Gasteiger partial charge >= 0.3 is 5.97 Å². The number of ether oxygens (including phenoxy) is 3. The van der Waals surface area contributed by atoms with Crippen molar-refractivity contribution < 1.29 is 38.8 Å². The zero-order valence-electron chi connectivity index (χ0n) is 17.3. The molecule has 5 atom stereocenters. The molecule has 0 radical (unpaired) electrons. The molecule has 1 fully saturated rings. The maximum atomic E-state index is 12.9. The highest BCUT2D eigenvalue weighted by molar-refractivity contribution is 14.1. The molecule has 2 aliphatic rings. The van der Waals surface area contributed by atoms with Crippen molar-refractivity contribution in [3.8, 4) is 0 Å². The summed E-state index contributed by atoms with van der Waals surface area (Å²) in [6, 6.07) is 5.75. The minimum Gasteiger partial charge on any atom is -0.455 e. The molecule has 2 amide bonds. The monoisotopic (exact) mass is 560 g/mol. The lowest BCUT2D eigenvalue weighted by molar-refractivity contribution is -0.130. The molecule has 1 aliphatic carbocycles. The van der Waals surface area contributed by atoms with Crippen LogP contribution in [-0.2, 0) is 23.8 Å². The maximum Gasteiger partial charge on any atom is 0.339 e. The number of aliphatic hydroxyl groups excluding tert-OH is 2. The quantitative estimate of drug-likeness (QED) is 0.254. The van der Waals surface area contributed by atoms with Gasteiger partial charge in [-0.25, -0.2) is 4.79 Å². The highest BCUT2D eigenvalue weighted by Gasteiger charge is 2.43. The molecule has 0 bridgehead atoms. The van der Waals surface area contributed by atoms with E-state index in [0.717, 1.165) is 3.57 Å². The van der Waals surface area contributed by atoms with Gasteiger partial charge in [0, 0.05) is 22.1 Å². The van der Waals surface area contributed by atoms with Crippen molar-refractivity contribution in [3.05, 3.63) is 45.0 Å². The normalized spacial score (nSPS) is 24.0. The van der Waals surface area contributed by atoms with Gasteiger partial charge in [0.25, 0.3) is 0 Å². The second kappa shape index (κ2) is 11.2. The first-order valence-electron chi connectivity index (χ1n) is 10.1. The van der Waals surface area contributed by atoms with E-state index in [4.69, 9.17) is 19.3 Å². The first kappa shape index (κ1) is 24.6. The molecule has 0 saturated carbocycles. The second-order valence-electron chi connectivity index (χ2n) is 7.41. The van der Waals surface area contributed by atoms with Crippen LogP contribution in [0.1, 0.15) is 23.7 Å². The van der Waals surface area contributed by atoms with E-state index in [1.807, 2.05) is 28.7 Å². The molecule has 0 aromatic heterocycles. The summed E-state index contributed by atoms with van der Waals surface area (Å²) in [4.78, 5) is 37.8. The number of hydrogen-bond acceptors (Lipinski definition) is 8. The highest BCUT2D eigenvalue weighted by atomic mass is 127. The smallest absolute Gasteiger partial charge is 0.339 e. The van der Waals surface area contributed by atoms with Crippen LogP contribution in [0.4, 0.5) is 0 Å². The van der Waals surface area contributed by atoms with Crippen molar-refractivity contribution in [3.63, 3.8) is 0 Å². The highest BCUT2D eigenvalue weighted by Crippen LogP contribution is 2.31. The number of aliphatic hydroxyl groups is 2. The molecule has 1 aromatic rings. The lowest BCUT2D eigenvalue weighted by atomic mass is 9.91. The Hall–Kier alpha value is -2.06. The van der Waals surface area contributed by atoms with Crippen molar-refractivity contribution >= 4 is 40.4 Å². The number of hydrogen-bond donors (Lipinski definition) is 4. The lowest BCUT2D eigenvalue weighted by Crippen LogP contribution is -2.54. The molecule has 0 spiro atoms. The number of carbonyl (C=O) groups excluding carboxylic acids is 3. The Morgan fingerprint density at radius 1 is 1.28 bits per heavy atom. The topological polar surface area (TPSA) is 143 Å². The Bertz CT molecular complexity index is 890. The third kappa shape index (κ3) is 5.84. The van der Waals surface area contributed by atoms with E-state index in [1.165, 1.54) is 6.92 Å². The van der Waals surface area contributed by atoms with Crippen LogP contribution in [0.25, 0.3) is 0 Å². The summed E-state index contributed by atoms with van der Waals surface area (Å²) < 4.78 is 17.5. The number of amides is 2. The molecule has 10 nitrogen and oxygen atoms in total. The number of carbonyl (C=O) groups is 3. The SMILES string of the molecule is C[C@H](O)[C@@H](NC(=O)C1=C[C@H]2OCO[C@H]2[C@H](OC(=O)c2ccccc2I)C1)C(=O)NCCO. The largest absolute Gasteiger partial charge is 0.455 e. The molecule has 4 N–H and O–H groups in total. The summed E-state index contributed by atoms with van der Waals surface area (Å²) >= 11 is 2.04. The molecule has 3 rings (SSSR count). The molecule has 32 heavy (non-hydrogen) atoms. The predicted octanol–water partition coefficient (Wildman–Crippen LogP) is -0.138. The third-order valence-corrected chi connectivity index (χ3v) is 6.04. The van der Waals surface area contributed by atoms with Crippen molar-refractivity contribution in [2.75, 3.05) is 19.9 Å². The molecule has 1 heterocycles. The minimum absolute atomic E-state index is 0.00246. The van der Waals surface area contributed by atoms with Crippen molar-refractivity contribution in [2.24, 2.45) is 0 Å². The van der Waals surface area contributed by atoms with Crippen LogP contribution in [0.2, 0.25) is 0 Å². The summed E-state index contributed by atoms with van der Waals surface area (Å²) in [7, 11) is 0. The number of benzene rings is 1. The van der Waals surface area contributed by atoms with Crippen LogP contribution in [0.3, 0.4) is 0 Å². The van der Waals surface area contributed by atoms with E-state index in [0.29, 0.717) is 5.56 Å². The fourth-order valence-corrected chi connectivity index (χ4v) is 4.09. The molecular weight excluding hydrogens is 535 g/mol. The van der Waals surface area contributed by atoms with Gasteiger partial charge in [-0.1, -0.05) is 12.1 Å². The van der Waals surface area contributed by atoms with E-state index >= 15 is 0 Å². The Morgan fingerprint density at radius 2 is 2.03 bits per heavy atom. The molecule has 0 unspecified atom stereocenters. The first-order chi connectivity index (χ1) is 15.3. The fourth-order valence-electron chi connectivity index (χ4n) is 3.48. The van der Waals surface area contributed by atoms with Crippen LogP contribution in [-0.4, -0.2) is 78.4 Å². The van der Waals surface area contributed by atoms with E-state index in [9.17, 15) is 19.5 Å². The number of halogens is 1. The molecule has 174 valence electrons. The summed E-state index contributed by atoms with van der Waals surface area (Å²) in [6.45, 7) is 1.09. The van der Waals surface area contributed by atoms with E-state index in [-0.39, 0.29) is 31.9 Å². The van der Waals surface area contributed by atoms with Gasteiger partial charge in [0.1, 0.15) is 31.1 Å². The molecular formula is C21H25IN2O8.